The molecule has 0 fully saturated rings. The minimum atomic E-state index is -0.0288. The third-order valence-corrected chi connectivity index (χ3v) is 4.61. The Labute approximate surface area is 157 Å². The zero-order chi connectivity index (χ0) is 17.5. The molecule has 2 rings (SSSR count). The minimum absolute atomic E-state index is 0.0288. The monoisotopic (exact) mass is 383 g/mol. The molecule has 1 unspecified atom stereocenters. The van der Waals surface area contributed by atoms with Crippen molar-refractivity contribution in [2.24, 2.45) is 0 Å². The van der Waals surface area contributed by atoms with Crippen LogP contribution in [0, 0.1) is 6.92 Å². The number of aryl methyl sites for hydroxylation is 1. The number of para-hydroxylation sites is 1. The fraction of sp³-hybridized carbons (Fsp3) is 0.333. The molecule has 0 radical (unpaired) electrons. The Morgan fingerprint density at radius 3 is 2.35 bits per heavy atom. The van der Waals surface area contributed by atoms with Gasteiger partial charge in [-0.1, -0.05) is 76.9 Å². The first kappa shape index (κ1) is 20.7. The van der Waals surface area contributed by atoms with Gasteiger partial charge < -0.3 is 10.4 Å². The molecule has 122 valence electrons. The maximum absolute atomic E-state index is 9.96. The van der Waals surface area contributed by atoms with Crippen molar-refractivity contribution < 1.29 is 24.5 Å². The molecular formula is C18H23ClNOPTi. The van der Waals surface area contributed by atoms with Crippen molar-refractivity contribution in [2.45, 2.75) is 39.8 Å². The number of phenolic OH excluding ortho intramolecular Hbond substituents is 1. The van der Waals surface area contributed by atoms with Crippen molar-refractivity contribution in [3.8, 4) is 5.75 Å². The predicted molar refractivity (Wildman–Crippen MR) is 99.5 cm³/mol. The van der Waals surface area contributed by atoms with Gasteiger partial charge in [-0.25, -0.2) is 0 Å². The molecule has 0 saturated heterocycles. The quantitative estimate of drug-likeness (QED) is 0.603. The molecule has 0 aliphatic rings. The molecule has 0 amide bonds. The van der Waals surface area contributed by atoms with Gasteiger partial charge in [-0.05, 0) is 18.3 Å². The third-order valence-electron chi connectivity index (χ3n) is 3.16. The number of aromatic hydroxyl groups is 1. The van der Waals surface area contributed by atoms with E-state index in [2.05, 4.69) is 55.2 Å². The van der Waals surface area contributed by atoms with Crippen molar-refractivity contribution in [2.75, 3.05) is 0 Å². The molecule has 0 saturated carbocycles. The van der Waals surface area contributed by atoms with Crippen LogP contribution >= 0.6 is 17.9 Å². The number of hydrogen-bond acceptors (Lipinski definition) is 1. The van der Waals surface area contributed by atoms with Gasteiger partial charge in [-0.15, -0.1) is 12.1 Å². The molecule has 2 aromatic carbocycles. The van der Waals surface area contributed by atoms with Crippen LogP contribution in [0.25, 0.3) is 5.32 Å². The Balaban J connectivity index is 0.00000127. The molecule has 2 aromatic rings. The van der Waals surface area contributed by atoms with Crippen LogP contribution in [-0.4, -0.2) is 10.6 Å². The Morgan fingerprint density at radius 1 is 1.09 bits per heavy atom. The second-order valence-electron chi connectivity index (χ2n) is 6.29. The van der Waals surface area contributed by atoms with E-state index in [1.54, 1.807) is 6.07 Å². The molecule has 0 heterocycles. The number of rotatable bonds is 4. The zero-order valence-electron chi connectivity index (χ0n) is 14.0. The summed E-state index contributed by atoms with van der Waals surface area (Å²) in [4.78, 5) is 0. The number of halogens is 1. The van der Waals surface area contributed by atoms with Crippen LogP contribution < -0.4 is 10.6 Å². The van der Waals surface area contributed by atoms with Gasteiger partial charge in [-0.2, -0.15) is 0 Å². The first-order valence-electron chi connectivity index (χ1n) is 7.37. The molecular weight excluding hydrogens is 360 g/mol. The Bertz CT molecular complexity index is 629. The van der Waals surface area contributed by atoms with Gasteiger partial charge in [0.2, 0.25) is 0 Å². The van der Waals surface area contributed by atoms with Gasteiger partial charge >= 0.3 is 28.7 Å². The molecule has 5 heteroatoms. The molecule has 0 aromatic heterocycles. The van der Waals surface area contributed by atoms with Gasteiger partial charge in [-0.3, -0.25) is 0 Å². The first-order valence-corrected chi connectivity index (χ1v) is 10.5. The van der Waals surface area contributed by atoms with E-state index in [-0.39, 0.29) is 5.54 Å². The standard InChI is InChI=1S/C18H23NOP.ClH.Ti/c1-13-9-10-16(14(11-13)12-19-18(2,3)4)21-17-8-6-5-7-15(17)20;;/h5-11,20-21H,12H2,1-4H3;1H;/q-1;;+2/p-1. The SMILES string of the molecule is Cc1ccc(Pc2ccccc2O)c(C[N-]C(C)(C)C)c1.[Cl][Ti+]. The van der Waals surface area contributed by atoms with Crippen molar-refractivity contribution in [1.29, 1.82) is 0 Å². The van der Waals surface area contributed by atoms with Crippen LogP contribution in [0.15, 0.2) is 42.5 Å². The van der Waals surface area contributed by atoms with Gasteiger partial charge in [0.15, 0.2) is 0 Å². The van der Waals surface area contributed by atoms with Gasteiger partial charge in [0.1, 0.15) is 5.75 Å². The van der Waals surface area contributed by atoms with Gasteiger partial charge in [0.25, 0.3) is 0 Å². The summed E-state index contributed by atoms with van der Waals surface area (Å²) in [5.41, 5.74) is 2.48. The predicted octanol–water partition coefficient (Wildman–Crippen LogP) is 4.69. The van der Waals surface area contributed by atoms with E-state index < -0.39 is 0 Å². The van der Waals surface area contributed by atoms with E-state index in [1.807, 2.05) is 18.2 Å². The second kappa shape index (κ2) is 9.82. The summed E-state index contributed by atoms with van der Waals surface area (Å²) in [6.07, 6.45) is 0. The van der Waals surface area contributed by atoms with E-state index in [0.29, 0.717) is 14.3 Å². The van der Waals surface area contributed by atoms with Gasteiger partial charge in [0.05, 0.1) is 0 Å². The number of benzene rings is 2. The average molecular weight is 384 g/mol. The van der Waals surface area contributed by atoms with Crippen LogP contribution in [-0.2, 0) is 25.9 Å². The van der Waals surface area contributed by atoms with Crippen LogP contribution in [0.4, 0.5) is 0 Å². The van der Waals surface area contributed by atoms with E-state index in [0.717, 1.165) is 11.8 Å². The number of phenols is 1. The van der Waals surface area contributed by atoms with Crippen molar-refractivity contribution in [1.82, 2.24) is 0 Å². The zero-order valence-corrected chi connectivity index (χ0v) is 17.3. The molecule has 0 spiro atoms. The summed E-state index contributed by atoms with van der Waals surface area (Å²) >= 11 is 1.47. The summed E-state index contributed by atoms with van der Waals surface area (Å²) in [5.74, 6) is 0.370. The molecule has 0 bridgehead atoms. The van der Waals surface area contributed by atoms with Crippen LogP contribution in [0.2, 0.25) is 0 Å². The Kier molecular flexibility index (Phi) is 8.82. The molecule has 23 heavy (non-hydrogen) atoms. The van der Waals surface area contributed by atoms with Gasteiger partial charge in [0, 0.05) is 5.30 Å². The Hall–Kier alpha value is -0.366. The third kappa shape index (κ3) is 7.37. The first-order chi connectivity index (χ1) is 10.8. The van der Waals surface area contributed by atoms with E-state index in [4.69, 9.17) is 5.32 Å². The van der Waals surface area contributed by atoms with Crippen molar-refractivity contribution >= 4 is 28.5 Å². The fourth-order valence-corrected chi connectivity index (χ4v) is 3.18. The molecule has 1 N–H and O–H groups in total. The van der Waals surface area contributed by atoms with Crippen molar-refractivity contribution in [3.05, 3.63) is 58.9 Å². The van der Waals surface area contributed by atoms with E-state index in [9.17, 15) is 5.11 Å². The summed E-state index contributed by atoms with van der Waals surface area (Å²) in [6.45, 7) is 9.18. The number of hydrogen-bond donors (Lipinski definition) is 1. The van der Waals surface area contributed by atoms with Crippen LogP contribution in [0.1, 0.15) is 31.9 Å². The molecule has 0 aliphatic heterocycles. The number of nitrogens with zero attached hydrogens (tertiary/aromatic N) is 1. The second-order valence-corrected chi connectivity index (χ2v) is 7.62. The van der Waals surface area contributed by atoms with E-state index in [1.165, 1.54) is 35.8 Å². The molecule has 1 atom stereocenters. The topological polar surface area (TPSA) is 34.3 Å². The normalized spacial score (nSPS) is 11.3. The summed E-state index contributed by atoms with van der Waals surface area (Å²) < 4.78 is 0. The fourth-order valence-electron chi connectivity index (χ4n) is 2.02. The summed E-state index contributed by atoms with van der Waals surface area (Å²) in [5, 5.41) is 16.9. The average Bonchev–Trinajstić information content (AvgIpc) is 2.51. The summed E-state index contributed by atoms with van der Waals surface area (Å²) in [7, 11) is 5.09. The Morgan fingerprint density at radius 2 is 1.74 bits per heavy atom. The molecule has 2 nitrogen and oxygen atoms in total. The maximum atomic E-state index is 9.96. The molecule has 0 aliphatic carbocycles. The van der Waals surface area contributed by atoms with Crippen LogP contribution in [0.5, 0.6) is 5.75 Å². The summed E-state index contributed by atoms with van der Waals surface area (Å²) in [6, 6.07) is 14.0. The van der Waals surface area contributed by atoms with E-state index >= 15 is 0 Å². The van der Waals surface area contributed by atoms with Crippen LogP contribution in [0.3, 0.4) is 0 Å². The van der Waals surface area contributed by atoms with Crippen molar-refractivity contribution in [3.63, 3.8) is 0 Å².